The number of amides is 1. The third-order valence-corrected chi connectivity index (χ3v) is 7.17. The maximum absolute atomic E-state index is 12.5. The Morgan fingerprint density at radius 3 is 1.90 bits per heavy atom. The Morgan fingerprint density at radius 2 is 1.44 bits per heavy atom. The molecule has 210 valence electrons. The number of rotatable bonds is 11. The zero-order chi connectivity index (χ0) is 28.5. The van der Waals surface area contributed by atoms with Gasteiger partial charge in [0.2, 0.25) is 5.91 Å². The summed E-state index contributed by atoms with van der Waals surface area (Å²) in [4.78, 5) is 36.8. The van der Waals surface area contributed by atoms with Crippen LogP contribution >= 0.6 is 23.2 Å². The van der Waals surface area contributed by atoms with E-state index in [0.717, 1.165) is 32.1 Å². The van der Waals surface area contributed by atoms with E-state index in [4.69, 9.17) is 42.1 Å². The molecule has 0 saturated carbocycles. The number of benzene rings is 2. The van der Waals surface area contributed by atoms with E-state index in [1.54, 1.807) is 24.3 Å². The maximum atomic E-state index is 12.5. The van der Waals surface area contributed by atoms with E-state index in [0.29, 0.717) is 29.5 Å². The molecule has 8 nitrogen and oxygen atoms in total. The lowest BCUT2D eigenvalue weighted by atomic mass is 9.92. The molecule has 1 N–H and O–H groups in total. The van der Waals surface area contributed by atoms with Crippen LogP contribution in [0.15, 0.2) is 30.3 Å². The van der Waals surface area contributed by atoms with Crippen molar-refractivity contribution in [3.8, 4) is 11.5 Å². The van der Waals surface area contributed by atoms with E-state index in [-0.39, 0.29) is 44.6 Å². The Labute approximate surface area is 238 Å². The minimum atomic E-state index is -0.604. The lowest BCUT2D eigenvalue weighted by Crippen LogP contribution is -2.38. The maximum Gasteiger partial charge on any atom is 0.341 e. The molecule has 1 aliphatic rings. The summed E-state index contributed by atoms with van der Waals surface area (Å²) < 4.78 is 20.6. The molecule has 2 aromatic rings. The number of carbonyl (C=O) groups excluding carboxylic acids is 3. The Balaban J connectivity index is 2.02. The van der Waals surface area contributed by atoms with Gasteiger partial charge in [0, 0.05) is 12.5 Å². The average Bonchev–Trinajstić information content (AvgIpc) is 2.93. The van der Waals surface area contributed by atoms with E-state index < -0.39 is 11.9 Å². The molecule has 1 unspecified atom stereocenters. The number of halogens is 2. The summed E-state index contributed by atoms with van der Waals surface area (Å²) >= 11 is 13.0. The molecule has 1 amide bonds. The third kappa shape index (κ3) is 7.46. The molecule has 2 aromatic carbocycles. The molecule has 10 heteroatoms. The highest BCUT2D eigenvalue weighted by Gasteiger charge is 2.23. The minimum absolute atomic E-state index is 0.115. The molecule has 0 spiro atoms. The van der Waals surface area contributed by atoms with Crippen molar-refractivity contribution in [3.63, 3.8) is 0 Å². The van der Waals surface area contributed by atoms with Crippen molar-refractivity contribution in [2.24, 2.45) is 0 Å². The Bertz CT molecular complexity index is 1180. The standard InChI is InChI=1S/C29H33Cl2NO7/c1-36-26-21(28(34)38-3)13-17(15-23(26)30)20(11-7-5-6-9-19-10-8-12-25(33)32-19)18-14-22(29(35)39-4)27(37-2)24(31)16-18/h11,13-16,19H,5-10,12H2,1-4H3,(H,32,33). The van der Waals surface area contributed by atoms with Crippen LogP contribution in [0.2, 0.25) is 10.0 Å². The normalized spacial score (nSPS) is 14.7. The Hall–Kier alpha value is -3.23. The topological polar surface area (TPSA) is 100 Å². The fourth-order valence-electron chi connectivity index (χ4n) is 4.72. The quantitative estimate of drug-likeness (QED) is 0.249. The van der Waals surface area contributed by atoms with Gasteiger partial charge in [-0.25, -0.2) is 9.59 Å². The van der Waals surface area contributed by atoms with Crippen molar-refractivity contribution in [1.82, 2.24) is 5.32 Å². The first-order valence-electron chi connectivity index (χ1n) is 12.7. The summed E-state index contributed by atoms with van der Waals surface area (Å²) in [5, 5.41) is 3.50. The first-order valence-corrected chi connectivity index (χ1v) is 13.4. The number of ether oxygens (including phenoxy) is 4. The zero-order valence-corrected chi connectivity index (χ0v) is 24.0. The molecule has 1 fully saturated rings. The molecule has 0 aromatic heterocycles. The van der Waals surface area contributed by atoms with Crippen LogP contribution in [0.3, 0.4) is 0 Å². The predicted molar refractivity (Wildman–Crippen MR) is 150 cm³/mol. The molecule has 1 atom stereocenters. The van der Waals surface area contributed by atoms with E-state index in [1.807, 2.05) is 6.08 Å². The van der Waals surface area contributed by atoms with Crippen molar-refractivity contribution in [2.45, 2.75) is 51.0 Å². The SMILES string of the molecule is COC(=O)c1cc(C(=CCCCCC2CCCC(=O)N2)c2cc(Cl)c(OC)c(C(=O)OC)c2)cc(Cl)c1OC. The summed E-state index contributed by atoms with van der Waals surface area (Å²) in [5.41, 5.74) is 2.24. The van der Waals surface area contributed by atoms with Gasteiger partial charge in [0.15, 0.2) is 11.5 Å². The van der Waals surface area contributed by atoms with Crippen molar-refractivity contribution in [2.75, 3.05) is 28.4 Å². The smallest absolute Gasteiger partial charge is 0.341 e. The highest BCUT2D eigenvalue weighted by molar-refractivity contribution is 6.33. The first kappa shape index (κ1) is 30.3. The van der Waals surface area contributed by atoms with Gasteiger partial charge < -0.3 is 24.3 Å². The number of carbonyl (C=O) groups is 3. The van der Waals surface area contributed by atoms with Crippen LogP contribution < -0.4 is 14.8 Å². The van der Waals surface area contributed by atoms with Gasteiger partial charge in [0.1, 0.15) is 11.1 Å². The van der Waals surface area contributed by atoms with Gasteiger partial charge >= 0.3 is 11.9 Å². The Morgan fingerprint density at radius 1 is 0.897 bits per heavy atom. The van der Waals surface area contributed by atoms with Crippen molar-refractivity contribution in [1.29, 1.82) is 0 Å². The summed E-state index contributed by atoms with van der Waals surface area (Å²) in [5.74, 6) is -0.697. The highest BCUT2D eigenvalue weighted by Crippen LogP contribution is 2.39. The van der Waals surface area contributed by atoms with Crippen LogP contribution in [-0.4, -0.2) is 52.3 Å². The van der Waals surface area contributed by atoms with Crippen molar-refractivity contribution in [3.05, 3.63) is 62.6 Å². The van der Waals surface area contributed by atoms with Crippen LogP contribution in [0.25, 0.3) is 5.57 Å². The number of methoxy groups -OCH3 is 4. The molecule has 1 saturated heterocycles. The summed E-state index contributed by atoms with van der Waals surface area (Å²) in [6.45, 7) is 0. The zero-order valence-electron chi connectivity index (χ0n) is 22.5. The third-order valence-electron chi connectivity index (χ3n) is 6.60. The van der Waals surface area contributed by atoms with Gasteiger partial charge in [-0.2, -0.15) is 0 Å². The van der Waals surface area contributed by atoms with Crippen LogP contribution in [0.4, 0.5) is 0 Å². The number of hydrogen-bond donors (Lipinski definition) is 1. The second-order valence-electron chi connectivity index (χ2n) is 9.12. The number of unbranched alkanes of at least 4 members (excludes halogenated alkanes) is 2. The molecule has 0 bridgehead atoms. The molecular weight excluding hydrogens is 545 g/mol. The largest absolute Gasteiger partial charge is 0.494 e. The fourth-order valence-corrected chi connectivity index (χ4v) is 5.31. The minimum Gasteiger partial charge on any atom is -0.494 e. The number of nitrogens with one attached hydrogen (secondary N) is 1. The summed E-state index contributed by atoms with van der Waals surface area (Å²) in [6.07, 6.45) is 7.88. The second-order valence-corrected chi connectivity index (χ2v) is 9.93. The molecule has 1 heterocycles. The van der Waals surface area contributed by atoms with Crippen LogP contribution in [0.5, 0.6) is 11.5 Å². The van der Waals surface area contributed by atoms with Gasteiger partial charge in [-0.3, -0.25) is 4.79 Å². The monoisotopic (exact) mass is 577 g/mol. The second kappa shape index (κ2) is 14.2. The number of piperidine rings is 1. The first-order chi connectivity index (χ1) is 18.7. The van der Waals surface area contributed by atoms with Gasteiger partial charge in [-0.15, -0.1) is 0 Å². The van der Waals surface area contributed by atoms with Gasteiger partial charge in [0.25, 0.3) is 0 Å². The number of allylic oxidation sites excluding steroid dienone is 1. The number of hydrogen-bond acceptors (Lipinski definition) is 7. The van der Waals surface area contributed by atoms with Gasteiger partial charge in [-0.1, -0.05) is 35.7 Å². The van der Waals surface area contributed by atoms with Crippen LogP contribution in [-0.2, 0) is 14.3 Å². The summed E-state index contributed by atoms with van der Waals surface area (Å²) in [6, 6.07) is 6.85. The molecule has 1 aliphatic heterocycles. The van der Waals surface area contributed by atoms with Crippen LogP contribution in [0.1, 0.15) is 76.8 Å². The van der Waals surface area contributed by atoms with E-state index in [2.05, 4.69) is 5.32 Å². The summed E-state index contributed by atoms with van der Waals surface area (Å²) in [7, 11) is 5.40. The van der Waals surface area contributed by atoms with Gasteiger partial charge in [-0.05, 0) is 73.1 Å². The van der Waals surface area contributed by atoms with E-state index in [1.165, 1.54) is 28.4 Å². The molecular formula is C29H33Cl2NO7. The van der Waals surface area contributed by atoms with E-state index in [9.17, 15) is 14.4 Å². The Kier molecular flexibility index (Phi) is 11.1. The predicted octanol–water partition coefficient (Wildman–Crippen LogP) is 6.24. The van der Waals surface area contributed by atoms with E-state index >= 15 is 0 Å². The molecule has 39 heavy (non-hydrogen) atoms. The molecule has 3 rings (SSSR count). The van der Waals surface area contributed by atoms with Crippen molar-refractivity contribution < 1.29 is 33.3 Å². The van der Waals surface area contributed by atoms with Crippen LogP contribution in [0, 0.1) is 0 Å². The average molecular weight is 578 g/mol. The van der Waals surface area contributed by atoms with Gasteiger partial charge in [0.05, 0.1) is 38.5 Å². The van der Waals surface area contributed by atoms with Crippen molar-refractivity contribution >= 4 is 46.6 Å². The highest BCUT2D eigenvalue weighted by atomic mass is 35.5. The number of esters is 2. The molecule has 0 radical (unpaired) electrons. The lowest BCUT2D eigenvalue weighted by molar-refractivity contribution is -0.123. The molecule has 0 aliphatic carbocycles. The lowest BCUT2D eigenvalue weighted by Gasteiger charge is -2.23. The fraction of sp³-hybridized carbons (Fsp3) is 0.414.